The molecule has 0 saturated heterocycles. The lowest BCUT2D eigenvalue weighted by Crippen LogP contribution is -2.31. The van der Waals surface area contributed by atoms with Gasteiger partial charge in [-0.25, -0.2) is 9.78 Å². The number of benzene rings is 2. The minimum absolute atomic E-state index is 0.0396. The van der Waals surface area contributed by atoms with Crippen LogP contribution >= 0.6 is 11.6 Å². The fraction of sp³-hybridized carbons (Fsp3) is 0.286. The second kappa shape index (κ2) is 11.9. The highest BCUT2D eigenvalue weighted by atomic mass is 35.5. The lowest BCUT2D eigenvalue weighted by molar-refractivity contribution is -0.189. The first kappa shape index (κ1) is 29.1. The Balaban J connectivity index is 1.57. The van der Waals surface area contributed by atoms with E-state index >= 15 is 0 Å². The SMILES string of the molecule is CCn1c(COCc2ccccc2)nn(-c2cc(O[C@@H](C)C(F)(F)F)c3c(Oc4cn(C)nc4Cl)nccc3c2)c1=O. The predicted octanol–water partition coefficient (Wildman–Crippen LogP) is 5.83. The second-order valence-electron chi connectivity index (χ2n) is 9.35. The minimum Gasteiger partial charge on any atom is -0.480 e. The van der Waals surface area contributed by atoms with Crippen molar-refractivity contribution in [2.24, 2.45) is 7.05 Å². The van der Waals surface area contributed by atoms with Crippen LogP contribution in [0.3, 0.4) is 0 Å². The van der Waals surface area contributed by atoms with E-state index in [-0.39, 0.29) is 40.2 Å². The standard InChI is InChI=1S/C28H26ClF3N6O4/c1-4-37-23(16-40-15-18-8-6-5-7-9-18)34-38(27(37)39)20-12-19-10-11-33-26(42-22-14-36(3)35-25(22)29)24(19)21(13-20)41-17(2)28(30,31)32/h5-14,17H,4,15-16H2,1-3H3/t17-/m0/s1. The van der Waals surface area contributed by atoms with Crippen molar-refractivity contribution in [3.8, 4) is 23.1 Å². The monoisotopic (exact) mass is 602 g/mol. The van der Waals surface area contributed by atoms with E-state index in [0.29, 0.717) is 24.4 Å². The molecular weight excluding hydrogens is 577 g/mol. The fourth-order valence-corrected chi connectivity index (χ4v) is 4.46. The van der Waals surface area contributed by atoms with Gasteiger partial charge in [-0.05, 0) is 36.9 Å². The molecule has 0 aliphatic heterocycles. The Labute approximate surface area is 242 Å². The van der Waals surface area contributed by atoms with Crippen molar-refractivity contribution in [2.75, 3.05) is 0 Å². The summed E-state index contributed by atoms with van der Waals surface area (Å²) in [4.78, 5) is 17.6. The summed E-state index contributed by atoms with van der Waals surface area (Å²) in [6.07, 6.45) is -3.94. The third kappa shape index (κ3) is 6.11. The molecule has 0 bridgehead atoms. The molecule has 3 heterocycles. The molecule has 1 atom stereocenters. The number of nitrogens with zero attached hydrogens (tertiary/aromatic N) is 6. The number of ether oxygens (including phenoxy) is 3. The predicted molar refractivity (Wildman–Crippen MR) is 148 cm³/mol. The van der Waals surface area contributed by atoms with E-state index in [4.69, 9.17) is 25.8 Å². The summed E-state index contributed by atoms with van der Waals surface area (Å²) in [7, 11) is 1.63. The molecule has 5 rings (SSSR count). The Kier molecular flexibility index (Phi) is 8.23. The maximum atomic E-state index is 13.6. The molecule has 0 radical (unpaired) electrons. The molecule has 14 heteroatoms. The zero-order valence-corrected chi connectivity index (χ0v) is 23.6. The van der Waals surface area contributed by atoms with Gasteiger partial charge in [0.05, 0.1) is 23.9 Å². The minimum atomic E-state index is -4.66. The molecule has 0 saturated carbocycles. The first-order chi connectivity index (χ1) is 20.0. The number of rotatable bonds is 10. The highest BCUT2D eigenvalue weighted by Crippen LogP contribution is 2.39. The topological polar surface area (TPSA) is 98.2 Å². The lowest BCUT2D eigenvalue weighted by atomic mass is 10.1. The molecule has 0 aliphatic rings. The Morgan fingerprint density at radius 2 is 1.81 bits per heavy atom. The van der Waals surface area contributed by atoms with Gasteiger partial charge in [-0.1, -0.05) is 41.9 Å². The molecule has 0 N–H and O–H groups in total. The van der Waals surface area contributed by atoms with Gasteiger partial charge >= 0.3 is 11.9 Å². The maximum absolute atomic E-state index is 13.6. The van der Waals surface area contributed by atoms with Crippen LogP contribution in [0, 0.1) is 0 Å². The van der Waals surface area contributed by atoms with Crippen LogP contribution in [0.1, 0.15) is 25.2 Å². The van der Waals surface area contributed by atoms with Crippen molar-refractivity contribution >= 4 is 22.4 Å². The molecule has 42 heavy (non-hydrogen) atoms. The van der Waals surface area contributed by atoms with Gasteiger partial charge in [0.25, 0.3) is 0 Å². The molecule has 0 aliphatic carbocycles. The fourth-order valence-electron chi connectivity index (χ4n) is 4.26. The molecular formula is C28H26ClF3N6O4. The number of halogens is 4. The van der Waals surface area contributed by atoms with E-state index in [9.17, 15) is 18.0 Å². The number of hydrogen-bond acceptors (Lipinski definition) is 7. The number of aromatic nitrogens is 6. The molecule has 0 amide bonds. The summed E-state index contributed by atoms with van der Waals surface area (Å²) in [5, 5.41) is 9.03. The molecule has 2 aromatic carbocycles. The first-order valence-electron chi connectivity index (χ1n) is 12.9. The summed E-state index contributed by atoms with van der Waals surface area (Å²) in [5.41, 5.74) is 0.652. The smallest absolute Gasteiger partial charge is 0.425 e. The molecule has 5 aromatic rings. The average Bonchev–Trinajstić information content (AvgIpc) is 3.44. The van der Waals surface area contributed by atoms with Crippen LogP contribution in [0.2, 0.25) is 5.15 Å². The van der Waals surface area contributed by atoms with Crippen molar-refractivity contribution in [1.29, 1.82) is 0 Å². The van der Waals surface area contributed by atoms with Gasteiger partial charge in [0.1, 0.15) is 12.4 Å². The molecule has 220 valence electrons. The largest absolute Gasteiger partial charge is 0.480 e. The summed E-state index contributed by atoms with van der Waals surface area (Å²) in [6.45, 7) is 3.32. The van der Waals surface area contributed by atoms with Crippen LogP contribution < -0.4 is 15.2 Å². The highest BCUT2D eigenvalue weighted by Gasteiger charge is 2.38. The molecule has 3 aromatic heterocycles. The van der Waals surface area contributed by atoms with Crippen molar-refractivity contribution in [1.82, 2.24) is 29.1 Å². The second-order valence-corrected chi connectivity index (χ2v) is 9.71. The van der Waals surface area contributed by atoms with Crippen LogP contribution in [0.15, 0.2) is 65.7 Å². The quantitative estimate of drug-likeness (QED) is 0.198. The molecule has 10 nitrogen and oxygen atoms in total. The third-order valence-electron chi connectivity index (χ3n) is 6.34. The van der Waals surface area contributed by atoms with Gasteiger partial charge < -0.3 is 14.2 Å². The Bertz CT molecular complexity index is 1770. The maximum Gasteiger partial charge on any atom is 0.425 e. The van der Waals surface area contributed by atoms with Crippen LogP contribution in [0.5, 0.6) is 17.4 Å². The number of hydrogen-bond donors (Lipinski definition) is 0. The zero-order chi connectivity index (χ0) is 30.0. The van der Waals surface area contributed by atoms with Gasteiger partial charge in [0, 0.05) is 25.9 Å². The van der Waals surface area contributed by atoms with Gasteiger partial charge in [-0.2, -0.15) is 23.0 Å². The van der Waals surface area contributed by atoms with Crippen molar-refractivity contribution < 1.29 is 27.4 Å². The normalized spacial score (nSPS) is 12.5. The lowest BCUT2D eigenvalue weighted by Gasteiger charge is -2.20. The van der Waals surface area contributed by atoms with Gasteiger partial charge in [-0.3, -0.25) is 9.25 Å². The van der Waals surface area contributed by atoms with Crippen LogP contribution in [0.4, 0.5) is 13.2 Å². The van der Waals surface area contributed by atoms with Gasteiger partial charge in [0.15, 0.2) is 22.8 Å². The van der Waals surface area contributed by atoms with E-state index < -0.39 is 18.0 Å². The first-order valence-corrected chi connectivity index (χ1v) is 13.3. The van der Waals surface area contributed by atoms with E-state index in [0.717, 1.165) is 17.2 Å². The van der Waals surface area contributed by atoms with Crippen LogP contribution in [-0.4, -0.2) is 41.4 Å². The highest BCUT2D eigenvalue weighted by molar-refractivity contribution is 6.30. The Hall–Kier alpha value is -4.36. The number of pyridine rings is 1. The number of alkyl halides is 3. The third-order valence-corrected chi connectivity index (χ3v) is 6.61. The van der Waals surface area contributed by atoms with Crippen molar-refractivity contribution in [3.63, 3.8) is 0 Å². The Morgan fingerprint density at radius 3 is 2.48 bits per heavy atom. The van der Waals surface area contributed by atoms with Crippen molar-refractivity contribution in [2.45, 2.75) is 45.9 Å². The molecule has 0 unspecified atom stereocenters. The number of fused-ring (bicyclic) bond motifs is 1. The van der Waals surface area contributed by atoms with Gasteiger partial charge in [-0.15, -0.1) is 5.10 Å². The number of aryl methyl sites for hydroxylation is 1. The van der Waals surface area contributed by atoms with Crippen LogP contribution in [-0.2, 0) is 31.5 Å². The summed E-state index contributed by atoms with van der Waals surface area (Å²) >= 11 is 6.13. The van der Waals surface area contributed by atoms with E-state index in [2.05, 4.69) is 15.2 Å². The zero-order valence-electron chi connectivity index (χ0n) is 22.8. The molecule has 0 spiro atoms. The summed E-state index contributed by atoms with van der Waals surface area (Å²) in [5.74, 6) is 0.237. The van der Waals surface area contributed by atoms with E-state index in [1.165, 1.54) is 27.7 Å². The van der Waals surface area contributed by atoms with Crippen molar-refractivity contribution in [3.05, 3.63) is 87.9 Å². The van der Waals surface area contributed by atoms with Gasteiger partial charge in [0.2, 0.25) is 5.88 Å². The summed E-state index contributed by atoms with van der Waals surface area (Å²) in [6, 6.07) is 14.0. The average molecular weight is 603 g/mol. The van der Waals surface area contributed by atoms with Crippen LogP contribution in [0.25, 0.3) is 16.5 Å². The van der Waals surface area contributed by atoms with E-state index in [1.807, 2.05) is 30.3 Å². The molecule has 0 fully saturated rings. The van der Waals surface area contributed by atoms with E-state index in [1.54, 1.807) is 26.1 Å². The Morgan fingerprint density at radius 1 is 1.05 bits per heavy atom. The summed E-state index contributed by atoms with van der Waals surface area (Å²) < 4.78 is 61.8.